The predicted octanol–water partition coefficient (Wildman–Crippen LogP) is 2.85. The Morgan fingerprint density at radius 2 is 1.76 bits per heavy atom. The van der Waals surface area contributed by atoms with Crippen LogP contribution in [0.5, 0.6) is 5.75 Å². The van der Waals surface area contributed by atoms with E-state index in [1.165, 1.54) is 11.1 Å². The summed E-state index contributed by atoms with van der Waals surface area (Å²) in [5, 5.41) is 9.23. The standard InChI is InChI=1S/C15H16NO/c1-16(2)14-5-3-4-13(11-14)10-12-6-8-15(17)9-7-12/h3-4,6-9,11,17H,10H2,1-2H3. The van der Waals surface area contributed by atoms with Gasteiger partial charge in [0, 0.05) is 25.8 Å². The van der Waals surface area contributed by atoms with E-state index in [4.69, 9.17) is 0 Å². The van der Waals surface area contributed by atoms with Crippen molar-refractivity contribution in [1.29, 1.82) is 0 Å². The molecular formula is C15H16NO. The third-order valence-corrected chi connectivity index (χ3v) is 2.68. The van der Waals surface area contributed by atoms with Crippen LogP contribution >= 0.6 is 0 Å². The molecule has 0 amide bonds. The molecule has 2 nitrogen and oxygen atoms in total. The Hall–Kier alpha value is -1.96. The molecule has 17 heavy (non-hydrogen) atoms. The largest absolute Gasteiger partial charge is 0.508 e. The summed E-state index contributed by atoms with van der Waals surface area (Å²) in [6.07, 6.45) is 0.871. The molecule has 0 bridgehead atoms. The molecular weight excluding hydrogens is 210 g/mol. The number of rotatable bonds is 3. The predicted molar refractivity (Wildman–Crippen MR) is 70.5 cm³/mol. The van der Waals surface area contributed by atoms with Crippen molar-refractivity contribution < 1.29 is 5.11 Å². The van der Waals surface area contributed by atoms with Gasteiger partial charge in [-0.25, -0.2) is 0 Å². The van der Waals surface area contributed by atoms with Gasteiger partial charge in [0.2, 0.25) is 0 Å². The molecule has 0 heterocycles. The fourth-order valence-electron chi connectivity index (χ4n) is 1.72. The van der Waals surface area contributed by atoms with Crippen LogP contribution in [0.1, 0.15) is 11.1 Å². The topological polar surface area (TPSA) is 23.5 Å². The van der Waals surface area contributed by atoms with Crippen LogP contribution in [0.3, 0.4) is 0 Å². The first-order valence-corrected chi connectivity index (χ1v) is 5.61. The fourth-order valence-corrected chi connectivity index (χ4v) is 1.72. The normalized spacial score (nSPS) is 10.2. The van der Waals surface area contributed by atoms with E-state index in [9.17, 15) is 5.11 Å². The van der Waals surface area contributed by atoms with Crippen molar-refractivity contribution in [3.05, 3.63) is 59.7 Å². The van der Waals surface area contributed by atoms with Crippen molar-refractivity contribution in [1.82, 2.24) is 0 Å². The van der Waals surface area contributed by atoms with E-state index in [0.717, 1.165) is 12.1 Å². The maximum Gasteiger partial charge on any atom is 0.115 e. The van der Waals surface area contributed by atoms with Crippen LogP contribution in [0.4, 0.5) is 5.69 Å². The van der Waals surface area contributed by atoms with Crippen LogP contribution < -0.4 is 4.90 Å². The number of nitrogens with zero attached hydrogens (tertiary/aromatic N) is 1. The first kappa shape index (κ1) is 11.5. The van der Waals surface area contributed by atoms with Crippen LogP contribution in [0.15, 0.2) is 42.5 Å². The minimum atomic E-state index is 0.309. The number of hydrogen-bond donors (Lipinski definition) is 1. The van der Waals surface area contributed by atoms with Gasteiger partial charge < -0.3 is 10.0 Å². The molecule has 0 aliphatic heterocycles. The van der Waals surface area contributed by atoms with Crippen LogP contribution in [0.2, 0.25) is 0 Å². The molecule has 2 aromatic carbocycles. The third-order valence-electron chi connectivity index (χ3n) is 2.68. The summed E-state index contributed by atoms with van der Waals surface area (Å²) in [6, 6.07) is 16.7. The SMILES string of the molecule is CN(C)c1[c]ccc(Cc2ccc(O)cc2)c1. The van der Waals surface area contributed by atoms with Gasteiger partial charge >= 0.3 is 0 Å². The third kappa shape index (κ3) is 3.00. The van der Waals surface area contributed by atoms with Crippen molar-refractivity contribution >= 4 is 5.69 Å². The van der Waals surface area contributed by atoms with E-state index >= 15 is 0 Å². The number of hydrogen-bond acceptors (Lipinski definition) is 2. The Balaban J connectivity index is 2.18. The number of phenolic OH excluding ortho intramolecular Hbond substituents is 1. The van der Waals surface area contributed by atoms with Crippen molar-refractivity contribution in [2.45, 2.75) is 6.42 Å². The highest BCUT2D eigenvalue weighted by Gasteiger charge is 2.00. The molecule has 1 N–H and O–H groups in total. The summed E-state index contributed by atoms with van der Waals surface area (Å²) in [6.45, 7) is 0. The van der Waals surface area contributed by atoms with Gasteiger partial charge in [-0.1, -0.05) is 24.3 Å². The lowest BCUT2D eigenvalue weighted by Gasteiger charge is -2.13. The first-order valence-electron chi connectivity index (χ1n) is 5.61. The van der Waals surface area contributed by atoms with Crippen molar-refractivity contribution in [2.75, 3.05) is 19.0 Å². The maximum atomic E-state index is 9.23. The summed E-state index contributed by atoms with van der Waals surface area (Å²) >= 11 is 0. The molecule has 0 fully saturated rings. The first-order chi connectivity index (χ1) is 8.15. The molecule has 0 saturated carbocycles. The summed E-state index contributed by atoms with van der Waals surface area (Å²) in [5.74, 6) is 0.309. The number of phenols is 1. The molecule has 1 radical (unpaired) electrons. The molecule has 2 heteroatoms. The minimum Gasteiger partial charge on any atom is -0.508 e. The van der Waals surface area contributed by atoms with Gasteiger partial charge in [-0.05, 0) is 35.7 Å². The molecule has 2 aromatic rings. The van der Waals surface area contributed by atoms with E-state index in [0.29, 0.717) is 5.75 Å². The monoisotopic (exact) mass is 226 g/mol. The molecule has 0 spiro atoms. The summed E-state index contributed by atoms with van der Waals surface area (Å²) < 4.78 is 0. The van der Waals surface area contributed by atoms with E-state index in [1.807, 2.05) is 37.2 Å². The van der Waals surface area contributed by atoms with Crippen LogP contribution in [0.25, 0.3) is 0 Å². The summed E-state index contributed by atoms with van der Waals surface area (Å²) in [7, 11) is 4.02. The Kier molecular flexibility index (Phi) is 3.33. The lowest BCUT2D eigenvalue weighted by molar-refractivity contribution is 0.475. The fraction of sp³-hybridized carbons (Fsp3) is 0.200. The highest BCUT2D eigenvalue weighted by Crippen LogP contribution is 2.17. The Labute approximate surface area is 102 Å². The van der Waals surface area contributed by atoms with Gasteiger partial charge in [-0.15, -0.1) is 0 Å². The highest BCUT2D eigenvalue weighted by molar-refractivity contribution is 5.47. The van der Waals surface area contributed by atoms with Crippen molar-refractivity contribution in [2.24, 2.45) is 0 Å². The van der Waals surface area contributed by atoms with Gasteiger partial charge in [0.15, 0.2) is 0 Å². The van der Waals surface area contributed by atoms with Crippen molar-refractivity contribution in [3.63, 3.8) is 0 Å². The van der Waals surface area contributed by atoms with Crippen LogP contribution in [0, 0.1) is 6.07 Å². The number of anilines is 1. The van der Waals surface area contributed by atoms with Gasteiger partial charge in [-0.3, -0.25) is 0 Å². The molecule has 0 aliphatic rings. The molecule has 87 valence electrons. The average molecular weight is 226 g/mol. The number of aromatic hydroxyl groups is 1. The molecule has 0 aromatic heterocycles. The molecule has 0 unspecified atom stereocenters. The van der Waals surface area contributed by atoms with Gasteiger partial charge in [-0.2, -0.15) is 0 Å². The van der Waals surface area contributed by atoms with Gasteiger partial charge in [0.05, 0.1) is 0 Å². The Morgan fingerprint density at radius 1 is 1.06 bits per heavy atom. The molecule has 0 saturated heterocycles. The summed E-state index contributed by atoms with van der Waals surface area (Å²) in [4.78, 5) is 2.04. The second-order valence-corrected chi connectivity index (χ2v) is 4.32. The van der Waals surface area contributed by atoms with Crippen LogP contribution in [-0.2, 0) is 6.42 Å². The summed E-state index contributed by atoms with van der Waals surface area (Å²) in [5.41, 5.74) is 3.53. The maximum absolute atomic E-state index is 9.23. The lowest BCUT2D eigenvalue weighted by Crippen LogP contribution is -2.08. The lowest BCUT2D eigenvalue weighted by atomic mass is 10.0. The van der Waals surface area contributed by atoms with E-state index in [-0.39, 0.29) is 0 Å². The number of benzene rings is 2. The smallest absolute Gasteiger partial charge is 0.115 e. The Morgan fingerprint density at radius 3 is 2.41 bits per heavy atom. The second-order valence-electron chi connectivity index (χ2n) is 4.32. The molecule has 2 rings (SSSR count). The Bertz CT molecular complexity index is 489. The van der Waals surface area contributed by atoms with Gasteiger partial charge in [0.25, 0.3) is 0 Å². The molecule has 0 atom stereocenters. The van der Waals surface area contributed by atoms with Crippen LogP contribution in [-0.4, -0.2) is 19.2 Å². The van der Waals surface area contributed by atoms with Crippen molar-refractivity contribution in [3.8, 4) is 5.75 Å². The van der Waals surface area contributed by atoms with E-state index in [2.05, 4.69) is 18.2 Å². The van der Waals surface area contributed by atoms with Gasteiger partial charge in [0.1, 0.15) is 5.75 Å². The average Bonchev–Trinajstić information content (AvgIpc) is 2.32. The minimum absolute atomic E-state index is 0.309. The zero-order valence-corrected chi connectivity index (χ0v) is 10.1. The zero-order chi connectivity index (χ0) is 12.3. The molecule has 0 aliphatic carbocycles. The zero-order valence-electron chi connectivity index (χ0n) is 10.1. The van der Waals surface area contributed by atoms with E-state index < -0.39 is 0 Å². The second kappa shape index (κ2) is 4.91. The quantitative estimate of drug-likeness (QED) is 0.870. The van der Waals surface area contributed by atoms with E-state index in [1.54, 1.807) is 12.1 Å². The highest BCUT2D eigenvalue weighted by atomic mass is 16.3.